The summed E-state index contributed by atoms with van der Waals surface area (Å²) in [5.74, 6) is -0.0108. The van der Waals surface area contributed by atoms with Crippen molar-refractivity contribution in [3.63, 3.8) is 0 Å². The number of carbonyl (C=O) groups excluding carboxylic acids is 2. The van der Waals surface area contributed by atoms with E-state index in [2.05, 4.69) is 20.4 Å². The molecule has 1 amide bonds. The zero-order chi connectivity index (χ0) is 19.9. The largest absolute Gasteiger partial charge is 0.497 e. The van der Waals surface area contributed by atoms with Crippen molar-refractivity contribution in [2.75, 3.05) is 24.9 Å². The van der Waals surface area contributed by atoms with Gasteiger partial charge in [0.25, 0.3) is 5.91 Å². The molecule has 7 heteroatoms. The minimum absolute atomic E-state index is 0.270. The maximum absolute atomic E-state index is 12.4. The van der Waals surface area contributed by atoms with Crippen LogP contribution in [0.3, 0.4) is 0 Å². The van der Waals surface area contributed by atoms with E-state index in [1.54, 1.807) is 74.0 Å². The topological polar surface area (TPSA) is 89.5 Å². The van der Waals surface area contributed by atoms with Gasteiger partial charge in [0.05, 0.1) is 19.8 Å². The Bertz CT molecular complexity index is 970. The SMILES string of the molecule is COC(=O)c1ccc(Nc2ccnc(C(=O)Nc3ccc(OC)cc3)c2)cc1. The highest BCUT2D eigenvalue weighted by molar-refractivity contribution is 6.03. The van der Waals surface area contributed by atoms with Gasteiger partial charge in [0.15, 0.2) is 0 Å². The van der Waals surface area contributed by atoms with Gasteiger partial charge in [-0.25, -0.2) is 4.79 Å². The molecule has 2 aromatic carbocycles. The van der Waals surface area contributed by atoms with E-state index in [0.29, 0.717) is 22.7 Å². The first kappa shape index (κ1) is 18.9. The number of methoxy groups -OCH3 is 2. The van der Waals surface area contributed by atoms with Gasteiger partial charge in [-0.3, -0.25) is 9.78 Å². The van der Waals surface area contributed by atoms with Crippen LogP contribution < -0.4 is 15.4 Å². The lowest BCUT2D eigenvalue weighted by molar-refractivity contribution is 0.0600. The molecule has 0 unspecified atom stereocenters. The van der Waals surface area contributed by atoms with Crippen molar-refractivity contribution in [3.8, 4) is 5.75 Å². The molecule has 0 bridgehead atoms. The summed E-state index contributed by atoms with van der Waals surface area (Å²) >= 11 is 0. The first-order valence-corrected chi connectivity index (χ1v) is 8.46. The standard InChI is InChI=1S/C21H19N3O4/c1-27-18-9-7-16(8-10-18)24-20(25)19-13-17(11-12-22-19)23-15-5-3-14(4-6-15)21(26)28-2/h3-13H,1-2H3,(H,22,23)(H,24,25). The molecular formula is C21H19N3O4. The summed E-state index contributed by atoms with van der Waals surface area (Å²) in [7, 11) is 2.92. The van der Waals surface area contributed by atoms with Crippen molar-refractivity contribution < 1.29 is 19.1 Å². The van der Waals surface area contributed by atoms with Gasteiger partial charge in [0.1, 0.15) is 11.4 Å². The van der Waals surface area contributed by atoms with E-state index in [4.69, 9.17) is 4.74 Å². The number of ether oxygens (including phenoxy) is 2. The third-order valence-corrected chi connectivity index (χ3v) is 3.94. The minimum atomic E-state index is -0.395. The maximum Gasteiger partial charge on any atom is 0.337 e. The van der Waals surface area contributed by atoms with Crippen molar-refractivity contribution >= 4 is 28.9 Å². The number of benzene rings is 2. The number of anilines is 3. The number of esters is 1. The van der Waals surface area contributed by atoms with E-state index in [9.17, 15) is 9.59 Å². The number of hydrogen-bond acceptors (Lipinski definition) is 6. The van der Waals surface area contributed by atoms with Crippen LogP contribution in [0.2, 0.25) is 0 Å². The lowest BCUT2D eigenvalue weighted by Gasteiger charge is -2.09. The average Bonchev–Trinajstić information content (AvgIpc) is 2.74. The summed E-state index contributed by atoms with van der Waals surface area (Å²) in [5.41, 5.74) is 2.83. The van der Waals surface area contributed by atoms with Crippen LogP contribution in [0.15, 0.2) is 66.9 Å². The highest BCUT2D eigenvalue weighted by Crippen LogP contribution is 2.19. The van der Waals surface area contributed by atoms with E-state index < -0.39 is 5.97 Å². The molecule has 3 rings (SSSR count). The molecule has 1 aromatic heterocycles. The van der Waals surface area contributed by atoms with Crippen LogP contribution in [0.25, 0.3) is 0 Å². The van der Waals surface area contributed by atoms with Crippen molar-refractivity contribution in [2.24, 2.45) is 0 Å². The number of rotatable bonds is 6. The van der Waals surface area contributed by atoms with Crippen LogP contribution in [-0.4, -0.2) is 31.1 Å². The molecular weight excluding hydrogens is 358 g/mol. The molecule has 28 heavy (non-hydrogen) atoms. The molecule has 1 heterocycles. The van der Waals surface area contributed by atoms with Crippen molar-refractivity contribution in [1.82, 2.24) is 4.98 Å². The summed E-state index contributed by atoms with van der Waals surface area (Å²) in [5, 5.41) is 5.96. The van der Waals surface area contributed by atoms with E-state index in [1.807, 2.05) is 0 Å². The molecule has 0 saturated carbocycles. The van der Waals surface area contributed by atoms with Crippen LogP contribution in [-0.2, 0) is 4.74 Å². The number of nitrogens with one attached hydrogen (secondary N) is 2. The second-order valence-electron chi connectivity index (χ2n) is 5.81. The van der Waals surface area contributed by atoms with Gasteiger partial charge in [-0.1, -0.05) is 0 Å². The first-order chi connectivity index (χ1) is 13.6. The average molecular weight is 377 g/mol. The number of carbonyl (C=O) groups is 2. The lowest BCUT2D eigenvalue weighted by Crippen LogP contribution is -2.13. The maximum atomic E-state index is 12.4. The summed E-state index contributed by atoms with van der Waals surface area (Å²) in [6, 6.07) is 17.2. The zero-order valence-electron chi connectivity index (χ0n) is 15.4. The Morgan fingerprint density at radius 1 is 0.857 bits per heavy atom. The Morgan fingerprint density at radius 3 is 2.18 bits per heavy atom. The molecule has 0 aliphatic rings. The molecule has 0 aliphatic heterocycles. The normalized spacial score (nSPS) is 10.1. The fraction of sp³-hybridized carbons (Fsp3) is 0.0952. The summed E-state index contributed by atoms with van der Waals surface area (Å²) < 4.78 is 9.78. The Kier molecular flexibility index (Phi) is 5.86. The van der Waals surface area contributed by atoms with Gasteiger partial charge < -0.3 is 20.1 Å². The summed E-state index contributed by atoms with van der Waals surface area (Å²) in [4.78, 5) is 28.0. The van der Waals surface area contributed by atoms with E-state index in [1.165, 1.54) is 7.11 Å². The minimum Gasteiger partial charge on any atom is -0.497 e. The highest BCUT2D eigenvalue weighted by Gasteiger charge is 2.09. The van der Waals surface area contributed by atoms with Gasteiger partial charge in [0, 0.05) is 23.3 Å². The number of aromatic nitrogens is 1. The third kappa shape index (κ3) is 4.64. The van der Waals surface area contributed by atoms with Gasteiger partial charge in [-0.15, -0.1) is 0 Å². The monoisotopic (exact) mass is 377 g/mol. The second kappa shape index (κ2) is 8.68. The quantitative estimate of drug-likeness (QED) is 0.634. The van der Waals surface area contributed by atoms with E-state index >= 15 is 0 Å². The molecule has 0 fully saturated rings. The Morgan fingerprint density at radius 2 is 1.54 bits per heavy atom. The molecule has 0 aliphatic carbocycles. The molecule has 3 aromatic rings. The molecule has 0 atom stereocenters. The fourth-order valence-corrected chi connectivity index (χ4v) is 2.48. The van der Waals surface area contributed by atoms with E-state index in [0.717, 1.165) is 5.69 Å². The second-order valence-corrected chi connectivity index (χ2v) is 5.81. The molecule has 142 valence electrons. The van der Waals surface area contributed by atoms with Crippen LogP contribution in [0.5, 0.6) is 5.75 Å². The van der Waals surface area contributed by atoms with Crippen LogP contribution in [0.1, 0.15) is 20.8 Å². The van der Waals surface area contributed by atoms with Crippen LogP contribution in [0, 0.1) is 0 Å². The van der Waals surface area contributed by atoms with E-state index in [-0.39, 0.29) is 11.6 Å². The van der Waals surface area contributed by atoms with Crippen molar-refractivity contribution in [3.05, 3.63) is 78.1 Å². The first-order valence-electron chi connectivity index (χ1n) is 8.46. The summed E-state index contributed by atoms with van der Waals surface area (Å²) in [6.45, 7) is 0. The highest BCUT2D eigenvalue weighted by atomic mass is 16.5. The molecule has 7 nitrogen and oxygen atoms in total. The lowest BCUT2D eigenvalue weighted by atomic mass is 10.2. The molecule has 0 radical (unpaired) electrons. The van der Waals surface area contributed by atoms with Crippen LogP contribution in [0.4, 0.5) is 17.1 Å². The fourth-order valence-electron chi connectivity index (χ4n) is 2.48. The molecule has 0 saturated heterocycles. The van der Waals surface area contributed by atoms with Gasteiger partial charge >= 0.3 is 5.97 Å². The van der Waals surface area contributed by atoms with Crippen molar-refractivity contribution in [2.45, 2.75) is 0 Å². The molecule has 0 spiro atoms. The number of pyridine rings is 1. The number of amides is 1. The van der Waals surface area contributed by atoms with Gasteiger partial charge in [-0.05, 0) is 60.7 Å². The predicted molar refractivity (Wildman–Crippen MR) is 106 cm³/mol. The molecule has 2 N–H and O–H groups in total. The predicted octanol–water partition coefficient (Wildman–Crippen LogP) is 3.87. The summed E-state index contributed by atoms with van der Waals surface area (Å²) in [6.07, 6.45) is 1.55. The number of nitrogens with zero attached hydrogens (tertiary/aromatic N) is 1. The van der Waals surface area contributed by atoms with Gasteiger partial charge in [-0.2, -0.15) is 0 Å². The van der Waals surface area contributed by atoms with Crippen molar-refractivity contribution in [1.29, 1.82) is 0 Å². The Balaban J connectivity index is 1.69. The van der Waals surface area contributed by atoms with Gasteiger partial charge in [0.2, 0.25) is 0 Å². The Hall–Kier alpha value is -3.87. The smallest absolute Gasteiger partial charge is 0.337 e. The third-order valence-electron chi connectivity index (χ3n) is 3.94. The zero-order valence-corrected chi connectivity index (χ0v) is 15.4. The Labute approximate surface area is 162 Å². The van der Waals surface area contributed by atoms with Crippen LogP contribution >= 0.6 is 0 Å². The number of hydrogen-bond donors (Lipinski definition) is 2.